The zero-order valence-corrected chi connectivity index (χ0v) is 17.3. The summed E-state index contributed by atoms with van der Waals surface area (Å²) in [6, 6.07) is 9.50. The minimum Gasteiger partial charge on any atom is -0.439 e. The highest BCUT2D eigenvalue weighted by Crippen LogP contribution is 2.37. The van der Waals surface area contributed by atoms with Gasteiger partial charge in [-0.1, -0.05) is 29.3 Å². The maximum Gasteiger partial charge on any atom is 0.416 e. The van der Waals surface area contributed by atoms with E-state index in [0.717, 1.165) is 26.8 Å². The predicted octanol–water partition coefficient (Wildman–Crippen LogP) is 6.01. The summed E-state index contributed by atoms with van der Waals surface area (Å²) in [5.74, 6) is 0. The van der Waals surface area contributed by atoms with E-state index in [0.29, 0.717) is 11.1 Å². The van der Waals surface area contributed by atoms with Crippen LogP contribution in [0.1, 0.15) is 40.8 Å². The number of hydrogen-bond donors (Lipinski definition) is 0. The molecule has 1 fully saturated rings. The molecule has 3 nitrogen and oxygen atoms in total. The Bertz CT molecular complexity index is 882. The largest absolute Gasteiger partial charge is 0.439 e. The molecule has 1 heterocycles. The molecular weight excluding hydrogens is 470 g/mol. The van der Waals surface area contributed by atoms with Gasteiger partial charge in [0.1, 0.15) is 6.10 Å². The monoisotopic (exact) mass is 489 g/mol. The SMILES string of the molecule is Cc1cc(CN2C(=O)O[C@H](c3cc(C)ccc3I)[C@H]2C)cc(C(F)(F)F)c1. The summed E-state index contributed by atoms with van der Waals surface area (Å²) in [7, 11) is 0. The number of nitrogens with zero attached hydrogens (tertiary/aromatic N) is 1. The molecule has 2 aromatic carbocycles. The molecule has 0 saturated carbocycles. The molecule has 0 bridgehead atoms. The van der Waals surface area contributed by atoms with Crippen LogP contribution in [0.15, 0.2) is 36.4 Å². The first kappa shape index (κ1) is 20.0. The lowest BCUT2D eigenvalue weighted by Crippen LogP contribution is -2.31. The van der Waals surface area contributed by atoms with E-state index in [1.54, 1.807) is 13.0 Å². The second-order valence-electron chi connectivity index (χ2n) is 6.90. The first-order chi connectivity index (χ1) is 12.6. The van der Waals surface area contributed by atoms with Crippen LogP contribution < -0.4 is 0 Å². The van der Waals surface area contributed by atoms with Crippen molar-refractivity contribution in [2.75, 3.05) is 0 Å². The standard InChI is InChI=1S/C20H19F3INO2/c1-11-4-5-17(24)16(8-11)18-13(3)25(19(26)27-18)10-14-6-12(2)7-15(9-14)20(21,22)23/h4-9,13,18H,10H2,1-3H3/t13-,18+/m1/s1. The van der Waals surface area contributed by atoms with Crippen LogP contribution in [0.25, 0.3) is 0 Å². The quantitative estimate of drug-likeness (QED) is 0.495. The number of carbonyl (C=O) groups is 1. The molecule has 3 rings (SSSR count). The van der Waals surface area contributed by atoms with E-state index in [4.69, 9.17) is 4.74 Å². The van der Waals surface area contributed by atoms with E-state index in [2.05, 4.69) is 22.6 Å². The third kappa shape index (κ3) is 4.23. The number of ether oxygens (including phenoxy) is 1. The maximum atomic E-state index is 13.1. The van der Waals surface area contributed by atoms with Gasteiger partial charge in [0.25, 0.3) is 0 Å². The van der Waals surface area contributed by atoms with Crippen LogP contribution in [0.2, 0.25) is 0 Å². The minimum atomic E-state index is -4.42. The second-order valence-corrected chi connectivity index (χ2v) is 8.07. The van der Waals surface area contributed by atoms with Gasteiger partial charge in [0.05, 0.1) is 11.6 Å². The number of rotatable bonds is 3. The van der Waals surface area contributed by atoms with E-state index < -0.39 is 23.9 Å². The molecule has 144 valence electrons. The van der Waals surface area contributed by atoms with Crippen molar-refractivity contribution in [3.8, 4) is 0 Å². The van der Waals surface area contributed by atoms with Gasteiger partial charge >= 0.3 is 12.3 Å². The lowest BCUT2D eigenvalue weighted by molar-refractivity contribution is -0.137. The number of amides is 1. The van der Waals surface area contributed by atoms with Gasteiger partial charge in [0.2, 0.25) is 0 Å². The molecular formula is C20H19F3INO2. The number of aryl methyl sites for hydroxylation is 2. The topological polar surface area (TPSA) is 29.5 Å². The predicted molar refractivity (Wildman–Crippen MR) is 104 cm³/mol. The van der Waals surface area contributed by atoms with Crippen molar-refractivity contribution in [3.05, 3.63) is 67.8 Å². The van der Waals surface area contributed by atoms with Gasteiger partial charge in [0, 0.05) is 15.7 Å². The molecule has 0 unspecified atom stereocenters. The summed E-state index contributed by atoms with van der Waals surface area (Å²) in [6.45, 7) is 5.50. The van der Waals surface area contributed by atoms with Gasteiger partial charge in [0.15, 0.2) is 0 Å². The third-order valence-corrected chi connectivity index (χ3v) is 5.65. The van der Waals surface area contributed by atoms with Crippen molar-refractivity contribution >= 4 is 28.7 Å². The van der Waals surface area contributed by atoms with E-state index >= 15 is 0 Å². The maximum absolute atomic E-state index is 13.1. The van der Waals surface area contributed by atoms with Crippen molar-refractivity contribution in [3.63, 3.8) is 0 Å². The Kier molecular flexibility index (Phi) is 5.42. The average Bonchev–Trinajstić information content (AvgIpc) is 2.84. The minimum absolute atomic E-state index is 0.0731. The Morgan fingerprint density at radius 2 is 1.81 bits per heavy atom. The molecule has 0 aromatic heterocycles. The molecule has 0 radical (unpaired) electrons. The fourth-order valence-electron chi connectivity index (χ4n) is 3.33. The fraction of sp³-hybridized carbons (Fsp3) is 0.350. The average molecular weight is 489 g/mol. The lowest BCUT2D eigenvalue weighted by atomic mass is 10.0. The second kappa shape index (κ2) is 7.33. The Hall–Kier alpha value is -1.77. The molecule has 27 heavy (non-hydrogen) atoms. The first-order valence-corrected chi connectivity index (χ1v) is 9.55. The summed E-state index contributed by atoms with van der Waals surface area (Å²) >= 11 is 2.20. The van der Waals surface area contributed by atoms with Gasteiger partial charge in [-0.15, -0.1) is 0 Å². The van der Waals surface area contributed by atoms with Crippen LogP contribution in [0.3, 0.4) is 0 Å². The first-order valence-electron chi connectivity index (χ1n) is 8.47. The van der Waals surface area contributed by atoms with Crippen LogP contribution in [0, 0.1) is 17.4 Å². The molecule has 0 N–H and O–H groups in total. The molecule has 0 spiro atoms. The van der Waals surface area contributed by atoms with Crippen molar-refractivity contribution < 1.29 is 22.7 Å². The number of benzene rings is 2. The number of cyclic esters (lactones) is 1. The van der Waals surface area contributed by atoms with Gasteiger partial charge in [-0.3, -0.25) is 4.90 Å². The number of halogens is 4. The Balaban J connectivity index is 1.87. The third-order valence-electron chi connectivity index (χ3n) is 4.67. The van der Waals surface area contributed by atoms with Crippen LogP contribution in [-0.4, -0.2) is 17.0 Å². The van der Waals surface area contributed by atoms with E-state index in [1.807, 2.05) is 32.0 Å². The number of hydrogen-bond acceptors (Lipinski definition) is 2. The normalized spacial score (nSPS) is 20.1. The summed E-state index contributed by atoms with van der Waals surface area (Å²) in [5.41, 5.74) is 2.21. The van der Waals surface area contributed by atoms with Crippen molar-refractivity contribution in [1.29, 1.82) is 0 Å². The van der Waals surface area contributed by atoms with Gasteiger partial charge < -0.3 is 4.74 Å². The smallest absolute Gasteiger partial charge is 0.416 e. The van der Waals surface area contributed by atoms with Gasteiger partial charge in [-0.2, -0.15) is 13.2 Å². The molecule has 2 atom stereocenters. The number of carbonyl (C=O) groups excluding carboxylic acids is 1. The molecule has 1 aliphatic heterocycles. The number of alkyl halides is 3. The summed E-state index contributed by atoms with van der Waals surface area (Å²) in [6.07, 6.45) is -5.38. The van der Waals surface area contributed by atoms with E-state index in [9.17, 15) is 18.0 Å². The van der Waals surface area contributed by atoms with E-state index in [-0.39, 0.29) is 12.6 Å². The fourth-order valence-corrected chi connectivity index (χ4v) is 3.97. The molecule has 1 saturated heterocycles. The van der Waals surface area contributed by atoms with Gasteiger partial charge in [-0.25, -0.2) is 4.79 Å². The van der Waals surface area contributed by atoms with Crippen molar-refractivity contribution in [1.82, 2.24) is 4.90 Å². The molecule has 7 heteroatoms. The highest BCUT2D eigenvalue weighted by atomic mass is 127. The summed E-state index contributed by atoms with van der Waals surface area (Å²) < 4.78 is 45.8. The zero-order valence-electron chi connectivity index (χ0n) is 15.1. The summed E-state index contributed by atoms with van der Waals surface area (Å²) in [4.78, 5) is 13.9. The Morgan fingerprint density at radius 3 is 2.48 bits per heavy atom. The van der Waals surface area contributed by atoms with Crippen LogP contribution in [-0.2, 0) is 17.5 Å². The van der Waals surface area contributed by atoms with Crippen LogP contribution in [0.5, 0.6) is 0 Å². The molecule has 1 amide bonds. The highest BCUT2D eigenvalue weighted by Gasteiger charge is 2.40. The Labute approximate surface area is 169 Å². The lowest BCUT2D eigenvalue weighted by Gasteiger charge is -2.22. The van der Waals surface area contributed by atoms with Gasteiger partial charge in [-0.05, 0) is 67.1 Å². The van der Waals surface area contributed by atoms with Crippen molar-refractivity contribution in [2.24, 2.45) is 0 Å². The van der Waals surface area contributed by atoms with Crippen molar-refractivity contribution in [2.45, 2.75) is 45.6 Å². The molecule has 2 aromatic rings. The molecule has 1 aliphatic rings. The zero-order chi connectivity index (χ0) is 19.9. The van der Waals surface area contributed by atoms with Crippen LogP contribution in [0.4, 0.5) is 18.0 Å². The summed E-state index contributed by atoms with van der Waals surface area (Å²) in [5, 5.41) is 0. The van der Waals surface area contributed by atoms with Crippen LogP contribution >= 0.6 is 22.6 Å². The van der Waals surface area contributed by atoms with E-state index in [1.165, 1.54) is 4.90 Å². The Morgan fingerprint density at radius 1 is 1.11 bits per heavy atom. The molecule has 0 aliphatic carbocycles. The highest BCUT2D eigenvalue weighted by molar-refractivity contribution is 14.1.